The van der Waals surface area contributed by atoms with Crippen LogP contribution in [0.2, 0.25) is 0 Å². The second-order valence-corrected chi connectivity index (χ2v) is 5.15. The van der Waals surface area contributed by atoms with Crippen molar-refractivity contribution in [3.63, 3.8) is 0 Å². The molecule has 2 aromatic heterocycles. The molecule has 0 saturated heterocycles. The van der Waals surface area contributed by atoms with Gasteiger partial charge in [0.15, 0.2) is 0 Å². The maximum atomic E-state index is 11.9. The summed E-state index contributed by atoms with van der Waals surface area (Å²) in [6.45, 7) is 0. The SMILES string of the molecule is Cn1cnc2c3c(sc2c1=O)CCCC3. The van der Waals surface area contributed by atoms with Crippen LogP contribution in [0.25, 0.3) is 10.2 Å². The second-order valence-electron chi connectivity index (χ2n) is 4.05. The number of nitrogens with zero attached hydrogens (tertiary/aromatic N) is 2. The third-order valence-corrected chi connectivity index (χ3v) is 4.29. The number of hydrogen-bond acceptors (Lipinski definition) is 3. The number of aromatic nitrogens is 2. The predicted octanol–water partition coefficient (Wildman–Crippen LogP) is 1.87. The Hall–Kier alpha value is -1.16. The smallest absolute Gasteiger partial charge is 0.271 e. The zero-order chi connectivity index (χ0) is 10.4. The van der Waals surface area contributed by atoms with Gasteiger partial charge in [-0.05, 0) is 31.2 Å². The van der Waals surface area contributed by atoms with Gasteiger partial charge < -0.3 is 4.57 Å². The molecule has 0 N–H and O–H groups in total. The van der Waals surface area contributed by atoms with Crippen molar-refractivity contribution < 1.29 is 0 Å². The quantitative estimate of drug-likeness (QED) is 0.679. The maximum absolute atomic E-state index is 11.9. The highest BCUT2D eigenvalue weighted by Gasteiger charge is 2.18. The van der Waals surface area contributed by atoms with E-state index in [2.05, 4.69) is 4.98 Å². The Labute approximate surface area is 91.4 Å². The van der Waals surface area contributed by atoms with E-state index in [0.717, 1.165) is 23.1 Å². The molecule has 0 aliphatic heterocycles. The highest BCUT2D eigenvalue weighted by atomic mass is 32.1. The summed E-state index contributed by atoms with van der Waals surface area (Å²) in [4.78, 5) is 17.6. The van der Waals surface area contributed by atoms with Gasteiger partial charge in [0, 0.05) is 11.9 Å². The fraction of sp³-hybridized carbons (Fsp3) is 0.455. The first kappa shape index (κ1) is 9.09. The Morgan fingerprint density at radius 3 is 3.07 bits per heavy atom. The lowest BCUT2D eigenvalue weighted by Crippen LogP contribution is -2.15. The third-order valence-electron chi connectivity index (χ3n) is 3.02. The highest BCUT2D eigenvalue weighted by molar-refractivity contribution is 7.19. The van der Waals surface area contributed by atoms with Crippen molar-refractivity contribution in [3.05, 3.63) is 27.1 Å². The molecule has 0 spiro atoms. The minimum absolute atomic E-state index is 0.0967. The van der Waals surface area contributed by atoms with E-state index >= 15 is 0 Å². The average Bonchev–Trinajstić information content (AvgIpc) is 2.63. The fourth-order valence-electron chi connectivity index (χ4n) is 2.19. The molecule has 3 rings (SSSR count). The monoisotopic (exact) mass is 220 g/mol. The van der Waals surface area contributed by atoms with Crippen LogP contribution in [0.1, 0.15) is 23.3 Å². The minimum atomic E-state index is 0.0967. The van der Waals surface area contributed by atoms with E-state index in [9.17, 15) is 4.79 Å². The molecular formula is C11H12N2OS. The normalized spacial score (nSPS) is 15.5. The highest BCUT2D eigenvalue weighted by Crippen LogP contribution is 2.33. The van der Waals surface area contributed by atoms with Gasteiger partial charge >= 0.3 is 0 Å². The minimum Gasteiger partial charge on any atom is -0.301 e. The topological polar surface area (TPSA) is 34.9 Å². The first-order valence-electron chi connectivity index (χ1n) is 5.23. The zero-order valence-corrected chi connectivity index (χ0v) is 9.43. The first-order chi connectivity index (χ1) is 7.27. The van der Waals surface area contributed by atoms with Gasteiger partial charge in [-0.1, -0.05) is 0 Å². The van der Waals surface area contributed by atoms with Gasteiger partial charge in [0.2, 0.25) is 0 Å². The molecule has 0 fully saturated rings. The molecule has 0 atom stereocenters. The Kier molecular flexibility index (Phi) is 1.92. The van der Waals surface area contributed by atoms with Crippen molar-refractivity contribution in [2.45, 2.75) is 25.7 Å². The van der Waals surface area contributed by atoms with Crippen molar-refractivity contribution >= 4 is 21.6 Å². The molecule has 0 saturated carbocycles. The van der Waals surface area contributed by atoms with Crippen LogP contribution in [0.15, 0.2) is 11.1 Å². The molecule has 1 aliphatic carbocycles. The molecule has 0 amide bonds. The van der Waals surface area contributed by atoms with Gasteiger partial charge in [0.1, 0.15) is 4.70 Å². The summed E-state index contributed by atoms with van der Waals surface area (Å²) < 4.78 is 2.40. The van der Waals surface area contributed by atoms with Gasteiger partial charge in [0.25, 0.3) is 5.56 Å². The molecule has 1 aliphatic rings. The van der Waals surface area contributed by atoms with E-state index in [1.54, 1.807) is 29.3 Å². The molecule has 78 valence electrons. The molecular weight excluding hydrogens is 208 g/mol. The van der Waals surface area contributed by atoms with Crippen LogP contribution in [0, 0.1) is 0 Å². The summed E-state index contributed by atoms with van der Waals surface area (Å²) in [5.41, 5.74) is 2.39. The zero-order valence-electron chi connectivity index (χ0n) is 8.62. The summed E-state index contributed by atoms with van der Waals surface area (Å²) in [5, 5.41) is 0. The molecule has 4 heteroatoms. The Balaban J connectivity index is 2.41. The largest absolute Gasteiger partial charge is 0.301 e. The van der Waals surface area contributed by atoms with Crippen molar-refractivity contribution in [1.29, 1.82) is 0 Å². The molecule has 15 heavy (non-hydrogen) atoms. The summed E-state index contributed by atoms with van der Waals surface area (Å²) in [7, 11) is 1.76. The first-order valence-corrected chi connectivity index (χ1v) is 6.05. The molecule has 0 radical (unpaired) electrons. The van der Waals surface area contributed by atoms with E-state index < -0.39 is 0 Å². The third kappa shape index (κ3) is 1.24. The van der Waals surface area contributed by atoms with Gasteiger partial charge in [0.05, 0.1) is 11.8 Å². The summed E-state index contributed by atoms with van der Waals surface area (Å²) >= 11 is 1.64. The van der Waals surface area contributed by atoms with Crippen LogP contribution in [-0.4, -0.2) is 9.55 Å². The van der Waals surface area contributed by atoms with E-state index in [4.69, 9.17) is 0 Å². The van der Waals surface area contributed by atoms with Crippen LogP contribution >= 0.6 is 11.3 Å². The van der Waals surface area contributed by atoms with Crippen LogP contribution in [0.4, 0.5) is 0 Å². The molecule has 0 bridgehead atoms. The second kappa shape index (κ2) is 3.17. The average molecular weight is 220 g/mol. The van der Waals surface area contributed by atoms with Gasteiger partial charge in [-0.15, -0.1) is 11.3 Å². The molecule has 0 aromatic carbocycles. The lowest BCUT2D eigenvalue weighted by Gasteiger charge is -2.09. The van der Waals surface area contributed by atoms with E-state index in [1.165, 1.54) is 23.3 Å². The lowest BCUT2D eigenvalue weighted by molar-refractivity contribution is 0.699. The molecule has 3 nitrogen and oxygen atoms in total. The van der Waals surface area contributed by atoms with Gasteiger partial charge in [-0.3, -0.25) is 4.79 Å². The number of aryl methyl sites for hydroxylation is 3. The van der Waals surface area contributed by atoms with Crippen molar-refractivity contribution in [2.75, 3.05) is 0 Å². The number of hydrogen-bond donors (Lipinski definition) is 0. The Morgan fingerprint density at radius 2 is 2.20 bits per heavy atom. The number of fused-ring (bicyclic) bond motifs is 3. The Bertz CT molecular complexity index is 582. The van der Waals surface area contributed by atoms with Crippen LogP contribution < -0.4 is 5.56 Å². The molecule has 2 aromatic rings. The van der Waals surface area contributed by atoms with E-state index in [0.29, 0.717) is 0 Å². The maximum Gasteiger partial charge on any atom is 0.271 e. The van der Waals surface area contributed by atoms with E-state index in [1.807, 2.05) is 0 Å². The van der Waals surface area contributed by atoms with Crippen molar-refractivity contribution in [3.8, 4) is 0 Å². The number of rotatable bonds is 0. The Morgan fingerprint density at radius 1 is 1.40 bits per heavy atom. The predicted molar refractivity (Wildman–Crippen MR) is 61.5 cm³/mol. The lowest BCUT2D eigenvalue weighted by atomic mass is 9.98. The molecule has 2 heterocycles. The molecule has 0 unspecified atom stereocenters. The van der Waals surface area contributed by atoms with Crippen LogP contribution in [0.3, 0.4) is 0 Å². The number of thiophene rings is 1. The van der Waals surface area contributed by atoms with Gasteiger partial charge in [-0.2, -0.15) is 0 Å². The van der Waals surface area contributed by atoms with Crippen molar-refractivity contribution in [1.82, 2.24) is 9.55 Å². The van der Waals surface area contributed by atoms with E-state index in [-0.39, 0.29) is 5.56 Å². The standard InChI is InChI=1S/C11H12N2OS/c1-13-6-12-9-7-4-2-3-5-8(7)15-10(9)11(13)14/h6H,2-5H2,1H3. The van der Waals surface area contributed by atoms with Crippen LogP contribution in [-0.2, 0) is 19.9 Å². The van der Waals surface area contributed by atoms with Crippen molar-refractivity contribution in [2.24, 2.45) is 7.05 Å². The fourth-order valence-corrected chi connectivity index (χ4v) is 3.51. The summed E-state index contributed by atoms with van der Waals surface area (Å²) in [5.74, 6) is 0. The summed E-state index contributed by atoms with van der Waals surface area (Å²) in [6, 6.07) is 0. The van der Waals surface area contributed by atoms with Crippen LogP contribution in [0.5, 0.6) is 0 Å². The van der Waals surface area contributed by atoms with Gasteiger partial charge in [-0.25, -0.2) is 4.98 Å². The summed E-state index contributed by atoms with van der Waals surface area (Å²) in [6.07, 6.45) is 6.33.